The van der Waals surface area contributed by atoms with Crippen molar-refractivity contribution in [1.82, 2.24) is 9.29 Å². The minimum atomic E-state index is -3.65. The summed E-state index contributed by atoms with van der Waals surface area (Å²) in [5.74, 6) is -0.195. The van der Waals surface area contributed by atoms with Crippen LogP contribution in [0.2, 0.25) is 0 Å². The van der Waals surface area contributed by atoms with Gasteiger partial charge in [0, 0.05) is 24.8 Å². The Morgan fingerprint density at radius 2 is 1.88 bits per heavy atom. The van der Waals surface area contributed by atoms with E-state index < -0.39 is 10.0 Å². The fourth-order valence-corrected chi connectivity index (χ4v) is 4.69. The van der Waals surface area contributed by atoms with Gasteiger partial charge in [0.15, 0.2) is 0 Å². The lowest BCUT2D eigenvalue weighted by atomic mass is 10.2. The maximum Gasteiger partial charge on any atom is 0.243 e. The third-order valence-electron chi connectivity index (χ3n) is 4.15. The first-order valence-corrected chi connectivity index (χ1v) is 9.65. The molecule has 0 saturated heterocycles. The number of nitrogens with one attached hydrogen (secondary N) is 1. The molecule has 1 aliphatic rings. The molecule has 1 aliphatic carbocycles. The molecular weight excluding hydrogens is 338 g/mol. The minimum absolute atomic E-state index is 0.0111. The second-order valence-corrected chi connectivity index (χ2v) is 8.05. The van der Waals surface area contributed by atoms with Gasteiger partial charge in [-0.25, -0.2) is 8.42 Å². The molecule has 1 atom stereocenters. The molecule has 1 unspecified atom stereocenters. The number of benzene rings is 1. The van der Waals surface area contributed by atoms with Crippen LogP contribution >= 0.6 is 0 Å². The van der Waals surface area contributed by atoms with Gasteiger partial charge in [-0.2, -0.15) is 4.31 Å². The van der Waals surface area contributed by atoms with Gasteiger partial charge in [0.2, 0.25) is 15.9 Å². The van der Waals surface area contributed by atoms with Gasteiger partial charge in [-0.15, -0.1) is 0 Å². The van der Waals surface area contributed by atoms with Crippen molar-refractivity contribution in [2.24, 2.45) is 0 Å². The molecular formula is C18H21N3O3S. The summed E-state index contributed by atoms with van der Waals surface area (Å²) in [6, 6.07) is 11.4. The summed E-state index contributed by atoms with van der Waals surface area (Å²) >= 11 is 0. The van der Waals surface area contributed by atoms with Crippen molar-refractivity contribution in [1.29, 1.82) is 0 Å². The van der Waals surface area contributed by atoms with E-state index in [0.717, 1.165) is 18.5 Å². The van der Waals surface area contributed by atoms with Crippen molar-refractivity contribution in [2.45, 2.75) is 43.7 Å². The molecule has 132 valence electrons. The highest BCUT2D eigenvalue weighted by Gasteiger charge is 2.41. The number of anilines is 1. The number of aromatic nitrogens is 1. The number of amides is 1. The molecule has 0 spiro atoms. The van der Waals surface area contributed by atoms with Crippen LogP contribution in [0.3, 0.4) is 0 Å². The Morgan fingerprint density at radius 1 is 1.20 bits per heavy atom. The standard InChI is InChI=1S/C18H21N3O3S/c1-13(18-5-3-4-12-19-18)21(16-8-9-16)25(23,24)17-10-6-15(7-11-17)20-14(2)22/h3-7,10-13,16H,8-9H2,1-2H3,(H,20,22). The molecule has 1 N–H and O–H groups in total. The van der Waals surface area contributed by atoms with Crippen LogP contribution < -0.4 is 5.32 Å². The summed E-state index contributed by atoms with van der Waals surface area (Å²) in [5.41, 5.74) is 1.30. The number of nitrogens with zero attached hydrogens (tertiary/aromatic N) is 2. The van der Waals surface area contributed by atoms with Crippen LogP contribution in [0.15, 0.2) is 53.6 Å². The van der Waals surface area contributed by atoms with Gasteiger partial charge < -0.3 is 5.32 Å². The minimum Gasteiger partial charge on any atom is -0.326 e. The number of hydrogen-bond acceptors (Lipinski definition) is 4. The van der Waals surface area contributed by atoms with E-state index in [1.54, 1.807) is 22.6 Å². The maximum absolute atomic E-state index is 13.2. The van der Waals surface area contributed by atoms with E-state index in [1.165, 1.54) is 19.1 Å². The van der Waals surface area contributed by atoms with E-state index in [-0.39, 0.29) is 22.9 Å². The molecule has 1 heterocycles. The SMILES string of the molecule is CC(=O)Nc1ccc(S(=O)(=O)N(C2CC2)C(C)c2ccccn2)cc1. The third-order valence-corrected chi connectivity index (χ3v) is 6.19. The quantitative estimate of drug-likeness (QED) is 0.860. The Labute approximate surface area is 147 Å². The first-order chi connectivity index (χ1) is 11.9. The van der Waals surface area contributed by atoms with E-state index in [9.17, 15) is 13.2 Å². The van der Waals surface area contributed by atoms with Crippen LogP contribution in [-0.4, -0.2) is 29.7 Å². The number of hydrogen-bond donors (Lipinski definition) is 1. The van der Waals surface area contributed by atoms with E-state index >= 15 is 0 Å². The average molecular weight is 359 g/mol. The molecule has 0 aliphatic heterocycles. The molecule has 25 heavy (non-hydrogen) atoms. The van der Waals surface area contributed by atoms with Gasteiger partial charge in [-0.05, 0) is 56.2 Å². The van der Waals surface area contributed by atoms with E-state index in [4.69, 9.17) is 0 Å². The van der Waals surface area contributed by atoms with Crippen LogP contribution in [0.4, 0.5) is 5.69 Å². The average Bonchev–Trinajstić information content (AvgIpc) is 3.40. The van der Waals surface area contributed by atoms with E-state index in [1.807, 2.05) is 25.1 Å². The molecule has 1 aromatic heterocycles. The molecule has 3 rings (SSSR count). The number of carbonyl (C=O) groups excluding carboxylic acids is 1. The van der Waals surface area contributed by atoms with Gasteiger partial charge in [0.25, 0.3) is 0 Å². The number of rotatable bonds is 6. The van der Waals surface area contributed by atoms with E-state index in [2.05, 4.69) is 10.3 Å². The lowest BCUT2D eigenvalue weighted by molar-refractivity contribution is -0.114. The smallest absolute Gasteiger partial charge is 0.243 e. The van der Waals surface area contributed by atoms with Crippen LogP contribution in [0.1, 0.15) is 38.4 Å². The second kappa shape index (κ2) is 6.93. The first-order valence-electron chi connectivity index (χ1n) is 8.21. The summed E-state index contributed by atoms with van der Waals surface area (Å²) in [5, 5.41) is 2.64. The number of sulfonamides is 1. The zero-order chi connectivity index (χ0) is 18.0. The molecule has 0 radical (unpaired) electrons. The van der Waals surface area contributed by atoms with E-state index in [0.29, 0.717) is 5.69 Å². The van der Waals surface area contributed by atoms with Gasteiger partial charge in [-0.3, -0.25) is 9.78 Å². The Hall–Kier alpha value is -2.25. The fourth-order valence-electron chi connectivity index (χ4n) is 2.84. The van der Waals surface area contributed by atoms with Crippen LogP contribution in [0, 0.1) is 0 Å². The molecule has 6 nitrogen and oxygen atoms in total. The topological polar surface area (TPSA) is 79.4 Å². The fraction of sp³-hybridized carbons (Fsp3) is 0.333. The highest BCUT2D eigenvalue weighted by atomic mass is 32.2. The molecule has 7 heteroatoms. The third kappa shape index (κ3) is 3.88. The molecule has 1 amide bonds. The van der Waals surface area contributed by atoms with Crippen molar-refractivity contribution in [2.75, 3.05) is 5.32 Å². The predicted molar refractivity (Wildman–Crippen MR) is 95.4 cm³/mol. The second-order valence-electron chi connectivity index (χ2n) is 6.20. The zero-order valence-electron chi connectivity index (χ0n) is 14.2. The van der Waals surface area contributed by atoms with Crippen molar-refractivity contribution in [3.8, 4) is 0 Å². The molecule has 1 fully saturated rings. The van der Waals surface area contributed by atoms with Crippen LogP contribution in [-0.2, 0) is 14.8 Å². The number of carbonyl (C=O) groups is 1. The monoisotopic (exact) mass is 359 g/mol. The molecule has 0 bridgehead atoms. The highest BCUT2D eigenvalue weighted by Crippen LogP contribution is 2.38. The normalized spacial score (nSPS) is 15.8. The summed E-state index contributed by atoms with van der Waals surface area (Å²) in [6.45, 7) is 3.28. The lowest BCUT2D eigenvalue weighted by Crippen LogP contribution is -2.35. The molecule has 1 saturated carbocycles. The Bertz CT molecular complexity index is 847. The number of pyridine rings is 1. The van der Waals surface area contributed by atoms with Gasteiger partial charge >= 0.3 is 0 Å². The highest BCUT2D eigenvalue weighted by molar-refractivity contribution is 7.89. The van der Waals surface area contributed by atoms with Gasteiger partial charge in [0.05, 0.1) is 16.6 Å². The predicted octanol–water partition coefficient (Wildman–Crippen LogP) is 2.95. The van der Waals surface area contributed by atoms with Crippen molar-refractivity contribution < 1.29 is 13.2 Å². The summed E-state index contributed by atoms with van der Waals surface area (Å²) in [7, 11) is -3.65. The summed E-state index contributed by atoms with van der Waals surface area (Å²) in [6.07, 6.45) is 3.40. The van der Waals surface area contributed by atoms with Gasteiger partial charge in [0.1, 0.15) is 0 Å². The molecule has 2 aromatic rings. The Kier molecular flexibility index (Phi) is 4.87. The summed E-state index contributed by atoms with van der Waals surface area (Å²) in [4.78, 5) is 15.6. The molecule has 1 aromatic carbocycles. The Balaban J connectivity index is 1.91. The van der Waals surface area contributed by atoms with Crippen LogP contribution in [0.25, 0.3) is 0 Å². The summed E-state index contributed by atoms with van der Waals surface area (Å²) < 4.78 is 27.9. The van der Waals surface area contributed by atoms with Crippen molar-refractivity contribution >= 4 is 21.6 Å². The van der Waals surface area contributed by atoms with Crippen molar-refractivity contribution in [3.63, 3.8) is 0 Å². The van der Waals surface area contributed by atoms with Crippen molar-refractivity contribution in [3.05, 3.63) is 54.4 Å². The zero-order valence-corrected chi connectivity index (χ0v) is 15.0. The van der Waals surface area contributed by atoms with Crippen LogP contribution in [0.5, 0.6) is 0 Å². The lowest BCUT2D eigenvalue weighted by Gasteiger charge is -2.28. The largest absolute Gasteiger partial charge is 0.326 e. The Morgan fingerprint density at radius 3 is 2.40 bits per heavy atom. The van der Waals surface area contributed by atoms with Gasteiger partial charge in [-0.1, -0.05) is 6.07 Å². The first kappa shape index (κ1) is 17.6. The maximum atomic E-state index is 13.2.